The lowest BCUT2D eigenvalue weighted by Gasteiger charge is -2.17. The Kier molecular flexibility index (Phi) is 13.2. The molecule has 0 saturated carbocycles. The Bertz CT molecular complexity index is 714. The van der Waals surface area contributed by atoms with Crippen molar-refractivity contribution in [2.45, 2.75) is 27.2 Å². The van der Waals surface area contributed by atoms with E-state index in [0.717, 1.165) is 5.69 Å². The molecule has 0 aliphatic heterocycles. The molecule has 10 heteroatoms. The number of hydrogen-bond acceptors (Lipinski definition) is 5. The summed E-state index contributed by atoms with van der Waals surface area (Å²) in [5, 5.41) is 6.41. The van der Waals surface area contributed by atoms with Crippen LogP contribution in [-0.4, -0.2) is 64.8 Å². The normalized spacial score (nSPS) is 11.7. The van der Waals surface area contributed by atoms with E-state index in [0.29, 0.717) is 56.7 Å². The number of methoxy groups -OCH3 is 1. The van der Waals surface area contributed by atoms with Crippen LogP contribution < -0.4 is 20.1 Å². The minimum atomic E-state index is -3.16. The molecule has 0 aliphatic rings. The molecule has 0 fully saturated rings. The summed E-state index contributed by atoms with van der Waals surface area (Å²) in [6.07, 6.45) is 1.87. The lowest BCUT2D eigenvalue weighted by Crippen LogP contribution is -2.32. The summed E-state index contributed by atoms with van der Waals surface area (Å²) >= 11 is 0. The molecule has 0 radical (unpaired) electrons. The molecule has 2 N–H and O–H groups in total. The zero-order valence-electron chi connectivity index (χ0n) is 17.3. The maximum atomic E-state index is 11.6. The zero-order valence-corrected chi connectivity index (χ0v) is 20.5. The maximum absolute atomic E-state index is 11.6. The van der Waals surface area contributed by atoms with Crippen LogP contribution in [0, 0.1) is 0 Å². The van der Waals surface area contributed by atoms with Crippen molar-refractivity contribution in [3.63, 3.8) is 0 Å². The predicted molar refractivity (Wildman–Crippen MR) is 126 cm³/mol. The Morgan fingerprint density at radius 3 is 2.46 bits per heavy atom. The average Bonchev–Trinajstić information content (AvgIpc) is 2.61. The van der Waals surface area contributed by atoms with Crippen LogP contribution in [0.3, 0.4) is 0 Å². The molecule has 162 valence electrons. The number of nitrogens with zero attached hydrogens (tertiary/aromatic N) is 2. The van der Waals surface area contributed by atoms with Gasteiger partial charge in [-0.25, -0.2) is 12.7 Å². The monoisotopic (exact) mass is 528 g/mol. The molecule has 0 bridgehead atoms. The largest absolute Gasteiger partial charge is 0.493 e. The number of rotatable bonds is 11. The Morgan fingerprint density at radius 2 is 1.93 bits per heavy atom. The highest BCUT2D eigenvalue weighted by Gasteiger charge is 2.13. The SMILES string of the molecule is CCNC(=NCCCN(CC)S(C)(=O)=O)Nc1ccc(OC)c(OCC)c1.I. The van der Waals surface area contributed by atoms with Crippen molar-refractivity contribution in [3.05, 3.63) is 18.2 Å². The van der Waals surface area contributed by atoms with Crippen molar-refractivity contribution in [1.29, 1.82) is 0 Å². The van der Waals surface area contributed by atoms with Gasteiger partial charge >= 0.3 is 0 Å². The van der Waals surface area contributed by atoms with Crippen LogP contribution in [0.25, 0.3) is 0 Å². The lowest BCUT2D eigenvalue weighted by atomic mass is 10.2. The van der Waals surface area contributed by atoms with Gasteiger partial charge in [-0.05, 0) is 32.4 Å². The second kappa shape index (κ2) is 13.8. The molecule has 0 heterocycles. The van der Waals surface area contributed by atoms with E-state index < -0.39 is 10.0 Å². The molecule has 0 unspecified atom stereocenters. The minimum Gasteiger partial charge on any atom is -0.493 e. The second-order valence-electron chi connectivity index (χ2n) is 5.79. The molecule has 0 aromatic heterocycles. The molecule has 1 rings (SSSR count). The number of anilines is 1. The molecule has 1 aromatic carbocycles. The van der Waals surface area contributed by atoms with E-state index in [-0.39, 0.29) is 24.0 Å². The van der Waals surface area contributed by atoms with Gasteiger partial charge in [-0.2, -0.15) is 0 Å². The van der Waals surface area contributed by atoms with Gasteiger partial charge in [-0.15, -0.1) is 24.0 Å². The quantitative estimate of drug-likeness (QED) is 0.199. The van der Waals surface area contributed by atoms with Gasteiger partial charge in [0.15, 0.2) is 17.5 Å². The van der Waals surface area contributed by atoms with Gasteiger partial charge in [0.1, 0.15) is 0 Å². The van der Waals surface area contributed by atoms with Gasteiger partial charge in [0.2, 0.25) is 10.0 Å². The van der Waals surface area contributed by atoms with Crippen LogP contribution in [0.15, 0.2) is 23.2 Å². The number of benzene rings is 1. The minimum absolute atomic E-state index is 0. The van der Waals surface area contributed by atoms with Gasteiger partial charge in [0.05, 0.1) is 20.0 Å². The molecule has 28 heavy (non-hydrogen) atoms. The van der Waals surface area contributed by atoms with Crippen LogP contribution in [0.5, 0.6) is 11.5 Å². The average molecular weight is 528 g/mol. The topological polar surface area (TPSA) is 92.3 Å². The molecule has 1 aromatic rings. The predicted octanol–water partition coefficient (Wildman–Crippen LogP) is 2.76. The number of halogens is 1. The van der Waals surface area contributed by atoms with E-state index in [1.165, 1.54) is 10.6 Å². The van der Waals surface area contributed by atoms with Crippen LogP contribution in [0.2, 0.25) is 0 Å². The van der Waals surface area contributed by atoms with E-state index in [9.17, 15) is 8.42 Å². The molecular formula is C18H33IN4O4S. The highest BCUT2D eigenvalue weighted by Crippen LogP contribution is 2.30. The third kappa shape index (κ3) is 9.28. The molecule has 0 atom stereocenters. The summed E-state index contributed by atoms with van der Waals surface area (Å²) in [5.74, 6) is 1.96. The van der Waals surface area contributed by atoms with E-state index in [4.69, 9.17) is 9.47 Å². The Labute approximate surface area is 186 Å². The van der Waals surface area contributed by atoms with Crippen molar-refractivity contribution in [2.24, 2.45) is 4.99 Å². The Morgan fingerprint density at radius 1 is 1.21 bits per heavy atom. The molecule has 0 saturated heterocycles. The summed E-state index contributed by atoms with van der Waals surface area (Å²) < 4.78 is 35.6. The van der Waals surface area contributed by atoms with Crippen molar-refractivity contribution < 1.29 is 17.9 Å². The summed E-state index contributed by atoms with van der Waals surface area (Å²) in [5.41, 5.74) is 0.824. The number of hydrogen-bond donors (Lipinski definition) is 2. The third-order valence-corrected chi connectivity index (χ3v) is 5.11. The van der Waals surface area contributed by atoms with Crippen LogP contribution in [0.1, 0.15) is 27.2 Å². The van der Waals surface area contributed by atoms with E-state index in [1.54, 1.807) is 7.11 Å². The summed E-state index contributed by atoms with van der Waals surface area (Å²) in [4.78, 5) is 4.52. The van der Waals surface area contributed by atoms with Gasteiger partial charge in [0, 0.05) is 37.9 Å². The Hall–Kier alpha value is -1.27. The first-order chi connectivity index (χ1) is 12.8. The van der Waals surface area contributed by atoms with Gasteiger partial charge in [0.25, 0.3) is 0 Å². The fraction of sp³-hybridized carbons (Fsp3) is 0.611. The molecule has 0 aliphatic carbocycles. The first-order valence-electron chi connectivity index (χ1n) is 9.16. The summed E-state index contributed by atoms with van der Waals surface area (Å²) in [6.45, 7) is 8.42. The number of sulfonamides is 1. The van der Waals surface area contributed by atoms with Gasteiger partial charge in [-0.1, -0.05) is 6.92 Å². The standard InChI is InChI=1S/C18H32N4O4S.HI/c1-6-19-18(20-12-9-13-22(7-2)27(5,23)24)21-15-10-11-16(25-4)17(14-15)26-8-3;/h10-11,14H,6-9,12-13H2,1-5H3,(H2,19,20,21);1H. The number of nitrogens with one attached hydrogen (secondary N) is 2. The third-order valence-electron chi connectivity index (χ3n) is 3.73. The fourth-order valence-electron chi connectivity index (χ4n) is 2.46. The van der Waals surface area contributed by atoms with Crippen LogP contribution in [-0.2, 0) is 10.0 Å². The van der Waals surface area contributed by atoms with Crippen LogP contribution in [0.4, 0.5) is 5.69 Å². The first-order valence-corrected chi connectivity index (χ1v) is 11.0. The number of aliphatic imine (C=N–C) groups is 1. The fourth-order valence-corrected chi connectivity index (χ4v) is 3.39. The summed E-state index contributed by atoms with van der Waals surface area (Å²) in [7, 11) is -1.56. The van der Waals surface area contributed by atoms with E-state index >= 15 is 0 Å². The number of ether oxygens (including phenoxy) is 2. The molecule has 0 spiro atoms. The second-order valence-corrected chi connectivity index (χ2v) is 7.77. The zero-order chi connectivity index (χ0) is 20.3. The smallest absolute Gasteiger partial charge is 0.211 e. The number of guanidine groups is 1. The Balaban J connectivity index is 0.00000729. The maximum Gasteiger partial charge on any atom is 0.211 e. The van der Waals surface area contributed by atoms with Gasteiger partial charge in [-0.3, -0.25) is 4.99 Å². The molecule has 8 nitrogen and oxygen atoms in total. The van der Waals surface area contributed by atoms with Crippen LogP contribution >= 0.6 is 24.0 Å². The van der Waals surface area contributed by atoms with E-state index in [2.05, 4.69) is 15.6 Å². The van der Waals surface area contributed by atoms with Crippen molar-refractivity contribution >= 4 is 45.6 Å². The summed E-state index contributed by atoms with van der Waals surface area (Å²) in [6, 6.07) is 5.58. The molecule has 0 amide bonds. The highest BCUT2D eigenvalue weighted by atomic mass is 127. The highest BCUT2D eigenvalue weighted by molar-refractivity contribution is 14.0. The first kappa shape index (κ1) is 26.7. The molecular weight excluding hydrogens is 495 g/mol. The lowest BCUT2D eigenvalue weighted by molar-refractivity contribution is 0.311. The van der Waals surface area contributed by atoms with E-state index in [1.807, 2.05) is 39.0 Å². The van der Waals surface area contributed by atoms with Crippen molar-refractivity contribution in [3.8, 4) is 11.5 Å². The van der Waals surface area contributed by atoms with Crippen molar-refractivity contribution in [2.75, 3.05) is 51.5 Å². The van der Waals surface area contributed by atoms with Gasteiger partial charge < -0.3 is 20.1 Å². The van der Waals surface area contributed by atoms with Crippen molar-refractivity contribution in [1.82, 2.24) is 9.62 Å².